The van der Waals surface area contributed by atoms with E-state index in [1.807, 2.05) is 18.2 Å². The van der Waals surface area contributed by atoms with Gasteiger partial charge in [-0.15, -0.1) is 0 Å². The molecule has 1 aromatic heterocycles. The molecule has 0 spiro atoms. The van der Waals surface area contributed by atoms with Crippen LogP contribution in [0.25, 0.3) is 10.9 Å². The van der Waals surface area contributed by atoms with Crippen molar-refractivity contribution < 1.29 is 0 Å². The lowest BCUT2D eigenvalue weighted by Crippen LogP contribution is -2.49. The molecule has 2 heterocycles. The van der Waals surface area contributed by atoms with Crippen molar-refractivity contribution >= 4 is 28.3 Å². The van der Waals surface area contributed by atoms with Crippen LogP contribution in [0.15, 0.2) is 30.3 Å². The summed E-state index contributed by atoms with van der Waals surface area (Å²) in [6.45, 7) is 8.80. The zero-order valence-corrected chi connectivity index (χ0v) is 12.8. The monoisotopic (exact) mass is 289 g/mol. The van der Waals surface area contributed by atoms with Gasteiger partial charge in [0.05, 0.1) is 5.52 Å². The van der Waals surface area contributed by atoms with E-state index in [0.29, 0.717) is 6.04 Å². The first-order valence-electron chi connectivity index (χ1n) is 7.19. The Hall–Kier alpha value is -1.32. The largest absolute Gasteiger partial charge is 0.354 e. The van der Waals surface area contributed by atoms with Gasteiger partial charge < -0.3 is 4.90 Å². The number of benzene rings is 1. The number of anilines is 1. The molecule has 1 aliphatic rings. The molecule has 0 bridgehead atoms. The topological polar surface area (TPSA) is 19.4 Å². The third-order valence-corrected chi connectivity index (χ3v) is 4.24. The standard InChI is InChI=1S/C16H20ClN3/c1-12(2)19-7-9-20(10-8-19)16-6-4-13-3-5-14(17)11-15(13)18-16/h3-6,11-12H,7-10H2,1-2H3. The highest BCUT2D eigenvalue weighted by Crippen LogP contribution is 2.22. The molecule has 1 aliphatic heterocycles. The Labute approximate surface area is 125 Å². The van der Waals surface area contributed by atoms with E-state index < -0.39 is 0 Å². The van der Waals surface area contributed by atoms with Gasteiger partial charge in [0, 0.05) is 42.6 Å². The van der Waals surface area contributed by atoms with Crippen molar-refractivity contribution in [1.29, 1.82) is 0 Å². The third kappa shape index (κ3) is 2.74. The Kier molecular flexibility index (Phi) is 3.81. The van der Waals surface area contributed by atoms with E-state index in [-0.39, 0.29) is 0 Å². The molecule has 3 nitrogen and oxygen atoms in total. The van der Waals surface area contributed by atoms with Crippen LogP contribution < -0.4 is 4.90 Å². The van der Waals surface area contributed by atoms with Gasteiger partial charge in [-0.3, -0.25) is 4.90 Å². The van der Waals surface area contributed by atoms with Crippen LogP contribution in [0.4, 0.5) is 5.82 Å². The highest BCUT2D eigenvalue weighted by molar-refractivity contribution is 6.31. The lowest BCUT2D eigenvalue weighted by molar-refractivity contribution is 0.209. The van der Waals surface area contributed by atoms with Crippen molar-refractivity contribution in [2.24, 2.45) is 0 Å². The van der Waals surface area contributed by atoms with Crippen LogP contribution in [0.5, 0.6) is 0 Å². The van der Waals surface area contributed by atoms with Gasteiger partial charge in [0.1, 0.15) is 5.82 Å². The number of piperazine rings is 1. The summed E-state index contributed by atoms with van der Waals surface area (Å²) < 4.78 is 0. The Morgan fingerprint density at radius 3 is 2.45 bits per heavy atom. The van der Waals surface area contributed by atoms with Crippen molar-refractivity contribution in [3.8, 4) is 0 Å². The summed E-state index contributed by atoms with van der Waals surface area (Å²) in [5.41, 5.74) is 0.973. The molecule has 106 valence electrons. The lowest BCUT2D eigenvalue weighted by Gasteiger charge is -2.37. The number of fused-ring (bicyclic) bond motifs is 1. The Balaban J connectivity index is 1.81. The molecule has 20 heavy (non-hydrogen) atoms. The smallest absolute Gasteiger partial charge is 0.129 e. The van der Waals surface area contributed by atoms with Gasteiger partial charge in [0.2, 0.25) is 0 Å². The highest BCUT2D eigenvalue weighted by atomic mass is 35.5. The summed E-state index contributed by atoms with van der Waals surface area (Å²) in [7, 11) is 0. The molecule has 0 unspecified atom stereocenters. The number of halogens is 1. The van der Waals surface area contributed by atoms with E-state index in [4.69, 9.17) is 16.6 Å². The van der Waals surface area contributed by atoms with Gasteiger partial charge in [-0.1, -0.05) is 17.7 Å². The number of hydrogen-bond donors (Lipinski definition) is 0. The molecule has 0 aliphatic carbocycles. The Bertz CT molecular complexity index is 604. The van der Waals surface area contributed by atoms with Crippen molar-refractivity contribution in [1.82, 2.24) is 9.88 Å². The van der Waals surface area contributed by atoms with Crippen LogP contribution in [-0.2, 0) is 0 Å². The van der Waals surface area contributed by atoms with E-state index in [0.717, 1.165) is 47.9 Å². The van der Waals surface area contributed by atoms with Crippen molar-refractivity contribution in [3.63, 3.8) is 0 Å². The fourth-order valence-electron chi connectivity index (χ4n) is 2.72. The SMILES string of the molecule is CC(C)N1CCN(c2ccc3ccc(Cl)cc3n2)CC1. The number of pyridine rings is 1. The summed E-state index contributed by atoms with van der Waals surface area (Å²) in [4.78, 5) is 9.62. The molecule has 2 aromatic rings. The quantitative estimate of drug-likeness (QED) is 0.844. The maximum absolute atomic E-state index is 6.05. The second-order valence-corrected chi connectivity index (χ2v) is 6.06. The summed E-state index contributed by atoms with van der Waals surface area (Å²) in [6.07, 6.45) is 0. The first-order chi connectivity index (χ1) is 9.63. The van der Waals surface area contributed by atoms with Gasteiger partial charge in [0.25, 0.3) is 0 Å². The molecular weight excluding hydrogens is 270 g/mol. The summed E-state index contributed by atoms with van der Waals surface area (Å²) >= 11 is 6.05. The van der Waals surface area contributed by atoms with Crippen LogP contribution in [0.1, 0.15) is 13.8 Å². The molecular formula is C16H20ClN3. The van der Waals surface area contributed by atoms with E-state index in [1.54, 1.807) is 0 Å². The second-order valence-electron chi connectivity index (χ2n) is 5.62. The summed E-state index contributed by atoms with van der Waals surface area (Å²) in [5.74, 6) is 1.06. The fourth-order valence-corrected chi connectivity index (χ4v) is 2.89. The molecule has 1 fully saturated rings. The van der Waals surface area contributed by atoms with Gasteiger partial charge in [0.15, 0.2) is 0 Å². The molecule has 1 aromatic carbocycles. The molecule has 3 rings (SSSR count). The molecule has 1 saturated heterocycles. The minimum absolute atomic E-state index is 0.625. The van der Waals surface area contributed by atoms with Crippen LogP contribution in [0, 0.1) is 0 Å². The van der Waals surface area contributed by atoms with Crippen molar-refractivity contribution in [2.45, 2.75) is 19.9 Å². The average Bonchev–Trinajstić information content (AvgIpc) is 2.46. The Morgan fingerprint density at radius 1 is 1.05 bits per heavy atom. The van der Waals surface area contributed by atoms with E-state index in [9.17, 15) is 0 Å². The van der Waals surface area contributed by atoms with E-state index in [2.05, 4.69) is 35.8 Å². The number of hydrogen-bond acceptors (Lipinski definition) is 3. The van der Waals surface area contributed by atoms with Crippen LogP contribution in [0.3, 0.4) is 0 Å². The lowest BCUT2D eigenvalue weighted by atomic mass is 10.2. The molecule has 0 radical (unpaired) electrons. The predicted molar refractivity (Wildman–Crippen MR) is 85.7 cm³/mol. The average molecular weight is 290 g/mol. The summed E-state index contributed by atoms with van der Waals surface area (Å²) in [5, 5.41) is 1.88. The second kappa shape index (κ2) is 5.58. The number of nitrogens with zero attached hydrogens (tertiary/aromatic N) is 3. The van der Waals surface area contributed by atoms with Crippen LogP contribution in [-0.4, -0.2) is 42.1 Å². The minimum atomic E-state index is 0.625. The first-order valence-corrected chi connectivity index (χ1v) is 7.56. The predicted octanol–water partition coefficient (Wildman–Crippen LogP) is 3.42. The maximum atomic E-state index is 6.05. The van der Waals surface area contributed by atoms with Crippen LogP contribution in [0.2, 0.25) is 5.02 Å². The first kappa shape index (κ1) is 13.7. The van der Waals surface area contributed by atoms with Crippen LogP contribution >= 0.6 is 11.6 Å². The molecule has 0 saturated carbocycles. The zero-order valence-electron chi connectivity index (χ0n) is 12.0. The van der Waals surface area contributed by atoms with Gasteiger partial charge >= 0.3 is 0 Å². The number of rotatable bonds is 2. The van der Waals surface area contributed by atoms with E-state index in [1.165, 1.54) is 0 Å². The molecule has 0 N–H and O–H groups in total. The van der Waals surface area contributed by atoms with Crippen molar-refractivity contribution in [2.75, 3.05) is 31.1 Å². The third-order valence-electron chi connectivity index (χ3n) is 4.01. The Morgan fingerprint density at radius 2 is 1.75 bits per heavy atom. The molecule has 0 amide bonds. The van der Waals surface area contributed by atoms with E-state index >= 15 is 0 Å². The van der Waals surface area contributed by atoms with Gasteiger partial charge in [-0.25, -0.2) is 4.98 Å². The molecule has 4 heteroatoms. The van der Waals surface area contributed by atoms with Crippen molar-refractivity contribution in [3.05, 3.63) is 35.4 Å². The zero-order chi connectivity index (χ0) is 14.1. The maximum Gasteiger partial charge on any atom is 0.129 e. The summed E-state index contributed by atoms with van der Waals surface area (Å²) in [6, 6.07) is 10.7. The highest BCUT2D eigenvalue weighted by Gasteiger charge is 2.19. The van der Waals surface area contributed by atoms with Gasteiger partial charge in [-0.2, -0.15) is 0 Å². The minimum Gasteiger partial charge on any atom is -0.354 e. The van der Waals surface area contributed by atoms with Gasteiger partial charge in [-0.05, 0) is 38.1 Å². The fraction of sp³-hybridized carbons (Fsp3) is 0.438. The number of aromatic nitrogens is 1. The molecule has 0 atom stereocenters. The normalized spacial score (nSPS) is 17.1.